The highest BCUT2D eigenvalue weighted by Gasteiger charge is 2.45. The second kappa shape index (κ2) is 10.6. The number of hydrogen-bond acceptors (Lipinski definition) is 5. The Morgan fingerprint density at radius 1 is 1.19 bits per heavy atom. The standard InChI is InChI=1S/C28H23ClN4O3S/c1-3-15-36-21-11-8-10-19(16-21)27-32(18(2)34)24-14-7-5-12-22(24)25-26(35)30-28(31-33(25)27)37-17-20-9-4-6-13-23(20)29/h3-14,16,27H,1,15,17H2,2H3/p+1/t27-/m0/s1. The van der Waals surface area contributed by atoms with Crippen LogP contribution in [0.25, 0.3) is 11.3 Å². The number of fused-ring (bicyclic) bond motifs is 3. The fourth-order valence-corrected chi connectivity index (χ4v) is 5.50. The number of anilines is 1. The minimum absolute atomic E-state index is 0.180. The first-order valence-electron chi connectivity index (χ1n) is 11.6. The molecule has 7 nitrogen and oxygen atoms in total. The van der Waals surface area contributed by atoms with Crippen LogP contribution in [0.4, 0.5) is 5.69 Å². The normalized spacial score (nSPS) is 14.0. The van der Waals surface area contributed by atoms with Gasteiger partial charge >= 0.3 is 11.3 Å². The Balaban J connectivity index is 1.66. The monoisotopic (exact) mass is 531 g/mol. The molecule has 37 heavy (non-hydrogen) atoms. The number of aromatic nitrogens is 3. The number of amides is 1. The lowest BCUT2D eigenvalue weighted by Gasteiger charge is -2.31. The SMILES string of the molecule is C=CCOc1cccc([C@H]2N(C(C)=O)c3ccccc3-c3c(=O)[nH]c(SCc4ccccc4Cl)n[n+]32)c1. The van der Waals surface area contributed by atoms with E-state index in [-0.39, 0.29) is 11.5 Å². The molecule has 0 saturated carbocycles. The molecular formula is C28H24ClN4O3S+. The van der Waals surface area contributed by atoms with Gasteiger partial charge in [-0.1, -0.05) is 72.4 Å². The predicted octanol–water partition coefficient (Wildman–Crippen LogP) is 5.15. The predicted molar refractivity (Wildman–Crippen MR) is 145 cm³/mol. The van der Waals surface area contributed by atoms with E-state index in [9.17, 15) is 9.59 Å². The minimum Gasteiger partial charge on any atom is -0.490 e. The molecule has 1 aromatic heterocycles. The van der Waals surface area contributed by atoms with E-state index >= 15 is 0 Å². The van der Waals surface area contributed by atoms with Crippen molar-refractivity contribution in [2.75, 3.05) is 11.5 Å². The molecule has 0 aliphatic carbocycles. The number of aromatic amines is 1. The van der Waals surface area contributed by atoms with Crippen LogP contribution in [0.3, 0.4) is 0 Å². The number of carbonyl (C=O) groups is 1. The molecule has 1 N–H and O–H groups in total. The maximum absolute atomic E-state index is 13.5. The Hall–Kier alpha value is -3.88. The lowest BCUT2D eigenvalue weighted by molar-refractivity contribution is -0.763. The van der Waals surface area contributed by atoms with E-state index in [1.807, 2.05) is 72.8 Å². The summed E-state index contributed by atoms with van der Waals surface area (Å²) >= 11 is 7.69. The summed E-state index contributed by atoms with van der Waals surface area (Å²) in [6.45, 7) is 5.55. The Bertz CT molecular complexity index is 1550. The Kier molecular flexibility index (Phi) is 7.12. The molecule has 1 amide bonds. The number of nitrogens with zero attached hydrogens (tertiary/aromatic N) is 3. The zero-order chi connectivity index (χ0) is 25.9. The lowest BCUT2D eigenvalue weighted by atomic mass is 10.0. The third-order valence-corrected chi connectivity index (χ3v) is 7.22. The first-order chi connectivity index (χ1) is 18.0. The van der Waals surface area contributed by atoms with Crippen LogP contribution in [-0.2, 0) is 10.5 Å². The third-order valence-electron chi connectivity index (χ3n) is 5.94. The molecule has 2 heterocycles. The quantitative estimate of drug-likeness (QED) is 0.203. The van der Waals surface area contributed by atoms with E-state index in [2.05, 4.69) is 11.6 Å². The van der Waals surface area contributed by atoms with E-state index in [0.29, 0.717) is 45.2 Å². The molecule has 9 heteroatoms. The number of H-pyrrole nitrogens is 1. The van der Waals surface area contributed by atoms with Crippen LogP contribution in [0, 0.1) is 0 Å². The van der Waals surface area contributed by atoms with E-state index < -0.39 is 6.17 Å². The average molecular weight is 532 g/mol. The fourth-order valence-electron chi connectivity index (χ4n) is 4.36. The number of rotatable bonds is 7. The molecule has 3 aromatic carbocycles. The van der Waals surface area contributed by atoms with Gasteiger partial charge in [0.05, 0.1) is 11.3 Å². The molecule has 1 aliphatic heterocycles. The van der Waals surface area contributed by atoms with Gasteiger partial charge in [-0.3, -0.25) is 14.6 Å². The summed E-state index contributed by atoms with van der Waals surface area (Å²) in [6, 6.07) is 22.3. The van der Waals surface area contributed by atoms with Gasteiger partial charge in [0.2, 0.25) is 11.1 Å². The smallest absolute Gasteiger partial charge is 0.325 e. The Morgan fingerprint density at radius 3 is 2.76 bits per heavy atom. The highest BCUT2D eigenvalue weighted by atomic mass is 35.5. The van der Waals surface area contributed by atoms with Crippen molar-refractivity contribution in [2.45, 2.75) is 24.0 Å². The van der Waals surface area contributed by atoms with E-state index in [0.717, 1.165) is 11.1 Å². The molecule has 1 atom stereocenters. The summed E-state index contributed by atoms with van der Waals surface area (Å²) in [6.07, 6.45) is 0.968. The molecule has 0 radical (unpaired) electrons. The molecule has 0 unspecified atom stereocenters. The van der Waals surface area contributed by atoms with Crippen LogP contribution >= 0.6 is 23.4 Å². The van der Waals surface area contributed by atoms with Crippen molar-refractivity contribution in [3.63, 3.8) is 0 Å². The molecule has 186 valence electrons. The summed E-state index contributed by atoms with van der Waals surface area (Å²) in [7, 11) is 0. The number of ether oxygens (including phenoxy) is 1. The third kappa shape index (κ3) is 4.90. The van der Waals surface area contributed by atoms with Crippen LogP contribution in [0.15, 0.2) is 95.4 Å². The van der Waals surface area contributed by atoms with Crippen LogP contribution in [0.1, 0.15) is 24.2 Å². The topological polar surface area (TPSA) is 79.2 Å². The summed E-state index contributed by atoms with van der Waals surface area (Å²) in [5.74, 6) is 0.963. The highest BCUT2D eigenvalue weighted by molar-refractivity contribution is 7.98. The molecule has 0 bridgehead atoms. The number of benzene rings is 3. The Morgan fingerprint density at radius 2 is 1.97 bits per heavy atom. The molecule has 5 rings (SSSR count). The van der Waals surface area contributed by atoms with Gasteiger partial charge in [-0.05, 0) is 46.6 Å². The van der Waals surface area contributed by atoms with Crippen molar-refractivity contribution in [1.29, 1.82) is 0 Å². The average Bonchev–Trinajstić information content (AvgIpc) is 2.90. The van der Waals surface area contributed by atoms with Gasteiger partial charge in [0.25, 0.3) is 6.17 Å². The first-order valence-corrected chi connectivity index (χ1v) is 13.0. The van der Waals surface area contributed by atoms with Gasteiger partial charge in [-0.15, -0.1) is 0 Å². The number of hydrogen-bond donors (Lipinski definition) is 1. The zero-order valence-electron chi connectivity index (χ0n) is 20.1. The summed E-state index contributed by atoms with van der Waals surface area (Å²) in [5.41, 5.74) is 3.02. The number of halogens is 1. The number of carbonyl (C=O) groups excluding carboxylic acids is 1. The zero-order valence-corrected chi connectivity index (χ0v) is 21.6. The van der Waals surface area contributed by atoms with Crippen molar-refractivity contribution in [3.05, 3.63) is 112 Å². The van der Waals surface area contributed by atoms with Gasteiger partial charge in [0, 0.05) is 28.4 Å². The second-order valence-electron chi connectivity index (χ2n) is 8.38. The van der Waals surface area contributed by atoms with Gasteiger partial charge in [0.1, 0.15) is 12.4 Å². The van der Waals surface area contributed by atoms with Crippen molar-refractivity contribution in [3.8, 4) is 17.0 Å². The van der Waals surface area contributed by atoms with Crippen LogP contribution in [0.5, 0.6) is 5.75 Å². The summed E-state index contributed by atoms with van der Waals surface area (Å²) in [5, 5.41) is 5.89. The molecule has 0 saturated heterocycles. The Labute approximate surface area is 223 Å². The van der Waals surface area contributed by atoms with E-state index in [1.165, 1.54) is 18.7 Å². The van der Waals surface area contributed by atoms with Gasteiger partial charge in [-0.25, -0.2) is 4.90 Å². The van der Waals surface area contributed by atoms with E-state index in [4.69, 9.17) is 21.4 Å². The van der Waals surface area contributed by atoms with Crippen molar-refractivity contribution < 1.29 is 14.2 Å². The fraction of sp³-hybridized carbons (Fsp3) is 0.143. The largest absolute Gasteiger partial charge is 0.490 e. The minimum atomic E-state index is -0.698. The molecular weight excluding hydrogens is 508 g/mol. The van der Waals surface area contributed by atoms with Crippen LogP contribution in [0.2, 0.25) is 5.02 Å². The number of thioether (sulfide) groups is 1. The maximum atomic E-state index is 13.5. The van der Waals surface area contributed by atoms with Crippen molar-refractivity contribution in [2.24, 2.45) is 0 Å². The molecule has 4 aromatic rings. The molecule has 0 fully saturated rings. The second-order valence-corrected chi connectivity index (χ2v) is 9.76. The number of para-hydroxylation sites is 1. The van der Waals surface area contributed by atoms with E-state index in [1.54, 1.807) is 15.7 Å². The molecule has 1 aliphatic rings. The summed E-state index contributed by atoms with van der Waals surface area (Å²) < 4.78 is 7.38. The van der Waals surface area contributed by atoms with Crippen molar-refractivity contribution in [1.82, 2.24) is 10.1 Å². The van der Waals surface area contributed by atoms with Crippen LogP contribution < -0.4 is 19.9 Å². The summed E-state index contributed by atoms with van der Waals surface area (Å²) in [4.78, 5) is 31.1. The lowest BCUT2D eigenvalue weighted by Crippen LogP contribution is -2.60. The molecule has 0 spiro atoms. The van der Waals surface area contributed by atoms with Crippen molar-refractivity contribution >= 4 is 35.0 Å². The van der Waals surface area contributed by atoms with Gasteiger partial charge in [0.15, 0.2) is 0 Å². The van der Waals surface area contributed by atoms with Crippen LogP contribution in [-0.4, -0.2) is 22.6 Å². The number of nitrogens with one attached hydrogen (secondary N) is 1. The first kappa shape index (κ1) is 24.8. The van der Waals surface area contributed by atoms with Gasteiger partial charge < -0.3 is 4.74 Å². The highest BCUT2D eigenvalue weighted by Crippen LogP contribution is 2.38. The maximum Gasteiger partial charge on any atom is 0.325 e. The van der Waals surface area contributed by atoms with Gasteiger partial charge in [-0.2, -0.15) is 0 Å².